The molecule has 1 saturated carbocycles. The van der Waals surface area contributed by atoms with Crippen molar-refractivity contribution in [1.82, 2.24) is 0 Å². The summed E-state index contributed by atoms with van der Waals surface area (Å²) in [7, 11) is 0. The van der Waals surface area contributed by atoms with E-state index in [0.717, 1.165) is 24.8 Å². The molecule has 0 amide bonds. The molecule has 80 valence electrons. The van der Waals surface area contributed by atoms with Crippen LogP contribution in [0.2, 0.25) is 0 Å². The lowest BCUT2D eigenvalue weighted by molar-refractivity contribution is 0.247. The fraction of sp³-hybridized carbons (Fsp3) is 0.636. The second-order valence-electron chi connectivity index (χ2n) is 4.43. The standard InChI is InChI=1S/C11H14N2O2/c1-9-3-10(13-8-15)5-11(2,4-9)6-12-7-14/h10H,1,3-6H2,2H3. The lowest BCUT2D eigenvalue weighted by atomic mass is 9.72. The van der Waals surface area contributed by atoms with Crippen LogP contribution in [-0.4, -0.2) is 24.7 Å². The smallest absolute Gasteiger partial charge is 0.211 e. The third kappa shape index (κ3) is 3.28. The largest absolute Gasteiger partial charge is 0.235 e. The van der Waals surface area contributed by atoms with E-state index < -0.39 is 0 Å². The predicted octanol–water partition coefficient (Wildman–Crippen LogP) is 1.77. The van der Waals surface area contributed by atoms with Gasteiger partial charge in [-0.25, -0.2) is 19.6 Å². The topological polar surface area (TPSA) is 58.9 Å². The SMILES string of the molecule is C=C1CC(N=C=O)CC(C)(CN=C=O)C1. The molecule has 2 atom stereocenters. The molecule has 0 spiro atoms. The Morgan fingerprint density at radius 3 is 2.87 bits per heavy atom. The molecule has 1 fully saturated rings. The summed E-state index contributed by atoms with van der Waals surface area (Å²) >= 11 is 0. The highest BCUT2D eigenvalue weighted by molar-refractivity contribution is 5.34. The van der Waals surface area contributed by atoms with Gasteiger partial charge in [0.15, 0.2) is 0 Å². The average molecular weight is 206 g/mol. The molecule has 1 rings (SSSR count). The van der Waals surface area contributed by atoms with Crippen molar-refractivity contribution in [3.63, 3.8) is 0 Å². The van der Waals surface area contributed by atoms with Crippen LogP contribution in [0.25, 0.3) is 0 Å². The van der Waals surface area contributed by atoms with Gasteiger partial charge < -0.3 is 0 Å². The fourth-order valence-corrected chi connectivity index (χ4v) is 2.23. The van der Waals surface area contributed by atoms with Gasteiger partial charge >= 0.3 is 0 Å². The van der Waals surface area contributed by atoms with Crippen LogP contribution in [0.15, 0.2) is 22.1 Å². The minimum Gasteiger partial charge on any atom is -0.211 e. The van der Waals surface area contributed by atoms with Gasteiger partial charge in [0, 0.05) is 0 Å². The minimum atomic E-state index is -0.127. The highest BCUT2D eigenvalue weighted by atomic mass is 16.1. The van der Waals surface area contributed by atoms with Crippen molar-refractivity contribution in [2.75, 3.05) is 6.54 Å². The van der Waals surface area contributed by atoms with E-state index in [1.165, 1.54) is 6.08 Å². The third-order valence-corrected chi connectivity index (χ3v) is 2.69. The molecule has 4 nitrogen and oxygen atoms in total. The zero-order valence-corrected chi connectivity index (χ0v) is 8.82. The molecule has 0 bridgehead atoms. The van der Waals surface area contributed by atoms with Gasteiger partial charge in [-0.3, -0.25) is 0 Å². The van der Waals surface area contributed by atoms with E-state index in [0.29, 0.717) is 6.54 Å². The Morgan fingerprint density at radius 2 is 2.27 bits per heavy atom. The molecule has 0 radical (unpaired) electrons. The molecule has 1 aliphatic rings. The first kappa shape index (κ1) is 11.6. The molecular weight excluding hydrogens is 192 g/mol. The van der Waals surface area contributed by atoms with Gasteiger partial charge in [-0.15, -0.1) is 0 Å². The van der Waals surface area contributed by atoms with Crippen molar-refractivity contribution >= 4 is 12.2 Å². The molecular formula is C11H14N2O2. The monoisotopic (exact) mass is 206 g/mol. The molecule has 15 heavy (non-hydrogen) atoms. The second-order valence-corrected chi connectivity index (χ2v) is 4.43. The zero-order chi connectivity index (χ0) is 11.3. The van der Waals surface area contributed by atoms with Crippen LogP contribution >= 0.6 is 0 Å². The number of aliphatic imine (C=N–C) groups is 2. The Balaban J connectivity index is 2.76. The first-order chi connectivity index (χ1) is 7.09. The highest BCUT2D eigenvalue weighted by Crippen LogP contribution is 2.39. The first-order valence-electron chi connectivity index (χ1n) is 4.87. The number of hydrogen-bond donors (Lipinski definition) is 0. The summed E-state index contributed by atoms with van der Waals surface area (Å²) in [6.45, 7) is 6.36. The van der Waals surface area contributed by atoms with Crippen LogP contribution < -0.4 is 0 Å². The summed E-state index contributed by atoms with van der Waals surface area (Å²) in [5, 5.41) is 0. The van der Waals surface area contributed by atoms with Crippen molar-refractivity contribution in [2.24, 2.45) is 15.4 Å². The Kier molecular flexibility index (Phi) is 3.73. The normalized spacial score (nSPS) is 30.2. The molecule has 0 aromatic heterocycles. The molecule has 0 saturated heterocycles. The van der Waals surface area contributed by atoms with E-state index in [4.69, 9.17) is 0 Å². The Labute approximate surface area is 88.8 Å². The van der Waals surface area contributed by atoms with Crippen molar-refractivity contribution in [3.05, 3.63) is 12.2 Å². The van der Waals surface area contributed by atoms with Crippen LogP contribution in [-0.2, 0) is 9.59 Å². The summed E-state index contributed by atoms with van der Waals surface area (Å²) in [6.07, 6.45) is 5.41. The van der Waals surface area contributed by atoms with Gasteiger partial charge in [-0.05, 0) is 24.7 Å². The van der Waals surface area contributed by atoms with E-state index >= 15 is 0 Å². The van der Waals surface area contributed by atoms with Gasteiger partial charge in [-0.1, -0.05) is 19.1 Å². The van der Waals surface area contributed by atoms with Crippen LogP contribution in [0.5, 0.6) is 0 Å². The third-order valence-electron chi connectivity index (χ3n) is 2.69. The molecule has 0 aliphatic heterocycles. The maximum atomic E-state index is 10.2. The Morgan fingerprint density at radius 1 is 1.53 bits per heavy atom. The van der Waals surface area contributed by atoms with Crippen LogP contribution in [0.4, 0.5) is 0 Å². The lowest BCUT2D eigenvalue weighted by Gasteiger charge is -2.35. The number of isocyanates is 2. The van der Waals surface area contributed by atoms with Gasteiger partial charge in [-0.2, -0.15) is 0 Å². The second kappa shape index (κ2) is 4.83. The van der Waals surface area contributed by atoms with Crippen molar-refractivity contribution in [1.29, 1.82) is 0 Å². The fourth-order valence-electron chi connectivity index (χ4n) is 2.23. The summed E-state index contributed by atoms with van der Waals surface area (Å²) < 4.78 is 0. The zero-order valence-electron chi connectivity index (χ0n) is 8.82. The maximum Gasteiger partial charge on any atom is 0.235 e. The molecule has 0 heterocycles. The maximum absolute atomic E-state index is 10.2. The first-order valence-corrected chi connectivity index (χ1v) is 4.87. The Bertz CT molecular complexity index is 348. The molecule has 0 aromatic carbocycles. The van der Waals surface area contributed by atoms with Crippen molar-refractivity contribution in [2.45, 2.75) is 32.2 Å². The number of nitrogens with zero attached hydrogens (tertiary/aromatic N) is 2. The molecule has 2 unspecified atom stereocenters. The van der Waals surface area contributed by atoms with Gasteiger partial charge in [0.2, 0.25) is 12.2 Å². The van der Waals surface area contributed by atoms with E-state index in [1.54, 1.807) is 6.08 Å². The summed E-state index contributed by atoms with van der Waals surface area (Å²) in [5.41, 5.74) is 0.923. The van der Waals surface area contributed by atoms with E-state index in [1.807, 2.05) is 6.92 Å². The van der Waals surface area contributed by atoms with Gasteiger partial charge in [0.1, 0.15) is 0 Å². The molecule has 4 heteroatoms. The van der Waals surface area contributed by atoms with Crippen LogP contribution in [0.3, 0.4) is 0 Å². The number of rotatable bonds is 3. The van der Waals surface area contributed by atoms with Crippen LogP contribution in [0.1, 0.15) is 26.2 Å². The van der Waals surface area contributed by atoms with Gasteiger partial charge in [0.25, 0.3) is 0 Å². The van der Waals surface area contributed by atoms with Crippen molar-refractivity contribution < 1.29 is 9.59 Å². The minimum absolute atomic E-state index is 0.0596. The van der Waals surface area contributed by atoms with E-state index in [2.05, 4.69) is 16.6 Å². The Hall–Kier alpha value is -1.50. The van der Waals surface area contributed by atoms with E-state index in [-0.39, 0.29) is 11.5 Å². The van der Waals surface area contributed by atoms with Crippen molar-refractivity contribution in [3.8, 4) is 0 Å². The highest BCUT2D eigenvalue weighted by Gasteiger charge is 2.33. The van der Waals surface area contributed by atoms with E-state index in [9.17, 15) is 9.59 Å². The number of hydrogen-bond acceptors (Lipinski definition) is 4. The summed E-state index contributed by atoms with van der Waals surface area (Å²) in [5.74, 6) is 0. The van der Waals surface area contributed by atoms with Crippen LogP contribution in [0, 0.1) is 5.41 Å². The molecule has 1 aliphatic carbocycles. The molecule has 0 N–H and O–H groups in total. The predicted molar refractivity (Wildman–Crippen MR) is 56.0 cm³/mol. The summed E-state index contributed by atoms with van der Waals surface area (Å²) in [6, 6.07) is -0.0596. The summed E-state index contributed by atoms with van der Waals surface area (Å²) in [4.78, 5) is 27.6. The quantitative estimate of drug-likeness (QED) is 0.401. The average Bonchev–Trinajstić information content (AvgIpc) is 2.14. The number of carbonyl (C=O) groups excluding carboxylic acids is 2. The molecule has 0 aromatic rings. The lowest BCUT2D eigenvalue weighted by Crippen LogP contribution is -2.31. The van der Waals surface area contributed by atoms with Gasteiger partial charge in [0.05, 0.1) is 12.6 Å².